The van der Waals surface area contributed by atoms with E-state index in [0.717, 1.165) is 68.5 Å². The highest BCUT2D eigenvalue weighted by Gasteiger charge is 2.37. The molecule has 1 saturated heterocycles. The second kappa shape index (κ2) is 11.5. The summed E-state index contributed by atoms with van der Waals surface area (Å²) in [4.78, 5) is 14.6. The van der Waals surface area contributed by atoms with E-state index in [9.17, 15) is 13.6 Å². The molecular weight excluding hydrogens is 458 g/mol. The monoisotopic (exact) mass is 500 g/mol. The first-order chi connectivity index (χ1) is 17.2. The summed E-state index contributed by atoms with van der Waals surface area (Å²) >= 11 is 0. The van der Waals surface area contributed by atoms with Crippen LogP contribution in [0.3, 0.4) is 0 Å². The first-order valence-electron chi connectivity index (χ1n) is 13.7. The predicted octanol–water partition coefficient (Wildman–Crippen LogP) is 6.67. The minimum Gasteiger partial charge on any atom is -0.498 e. The third-order valence-electron chi connectivity index (χ3n) is 8.46. The van der Waals surface area contributed by atoms with Gasteiger partial charge in [-0.15, -0.1) is 0 Å². The molecule has 4 rings (SSSR count). The number of hydrogen-bond donors (Lipinski definition) is 1. The molecule has 0 unspecified atom stereocenters. The summed E-state index contributed by atoms with van der Waals surface area (Å²) in [6.45, 7) is 9.70. The van der Waals surface area contributed by atoms with Gasteiger partial charge in [0.1, 0.15) is 11.5 Å². The van der Waals surface area contributed by atoms with Crippen LogP contribution in [0, 0.1) is 17.2 Å². The third-order valence-corrected chi connectivity index (χ3v) is 8.46. The van der Waals surface area contributed by atoms with E-state index in [1.165, 1.54) is 6.07 Å². The van der Waals surface area contributed by atoms with Gasteiger partial charge in [-0.2, -0.15) is 0 Å². The summed E-state index contributed by atoms with van der Waals surface area (Å²) in [5.41, 5.74) is 1.09. The number of piperidine rings is 1. The van der Waals surface area contributed by atoms with Crippen molar-refractivity contribution >= 4 is 11.5 Å². The number of nitrogens with zero attached hydrogens (tertiary/aromatic N) is 1. The molecule has 1 aromatic rings. The van der Waals surface area contributed by atoms with Crippen molar-refractivity contribution in [2.24, 2.45) is 11.3 Å². The number of alkyl halides is 1. The fraction of sp³-hybridized carbons (Fsp3) is 0.633. The Bertz CT molecular complexity index is 987. The molecule has 0 aromatic heterocycles. The van der Waals surface area contributed by atoms with Crippen LogP contribution in [0.2, 0.25) is 0 Å². The number of carbonyl (C=O) groups excluding carboxylic acids is 1. The van der Waals surface area contributed by atoms with E-state index in [4.69, 9.17) is 4.74 Å². The zero-order valence-corrected chi connectivity index (χ0v) is 22.2. The third kappa shape index (κ3) is 6.96. The number of likely N-dealkylation sites (tertiary alicyclic amines) is 1. The number of rotatable bonds is 11. The highest BCUT2D eigenvalue weighted by molar-refractivity contribution is 5.94. The van der Waals surface area contributed by atoms with E-state index >= 15 is 0 Å². The second-order valence-corrected chi connectivity index (χ2v) is 11.4. The van der Waals surface area contributed by atoms with Gasteiger partial charge in [-0.25, -0.2) is 8.78 Å². The molecule has 0 bridgehead atoms. The molecule has 0 radical (unpaired) electrons. The summed E-state index contributed by atoms with van der Waals surface area (Å²) in [6, 6.07) is 4.89. The van der Waals surface area contributed by atoms with E-state index < -0.39 is 11.5 Å². The van der Waals surface area contributed by atoms with Crippen LogP contribution < -0.4 is 5.32 Å². The zero-order chi connectivity index (χ0) is 25.8. The van der Waals surface area contributed by atoms with Crippen LogP contribution in [0.1, 0.15) is 88.1 Å². The molecule has 2 fully saturated rings. The SMILES string of the molecule is CCC(F)(CC)CN1CCC(COC2=CC=C(c3ccc(C(=O)NCC4(C)CC4)c(F)c3)CC2)CC1. The molecule has 1 aromatic carbocycles. The van der Waals surface area contributed by atoms with Crippen LogP contribution >= 0.6 is 0 Å². The maximum absolute atomic E-state index is 14.7. The number of benzene rings is 1. The molecule has 1 amide bonds. The molecule has 0 spiro atoms. The number of nitrogens with one attached hydrogen (secondary N) is 1. The summed E-state index contributed by atoms with van der Waals surface area (Å²) in [6.07, 6.45) is 11.0. The second-order valence-electron chi connectivity index (χ2n) is 11.4. The molecule has 4 nitrogen and oxygen atoms in total. The Morgan fingerprint density at radius 1 is 1.17 bits per heavy atom. The van der Waals surface area contributed by atoms with Crippen LogP contribution in [-0.4, -0.2) is 49.3 Å². The largest absolute Gasteiger partial charge is 0.498 e. The van der Waals surface area contributed by atoms with Gasteiger partial charge in [0, 0.05) is 19.5 Å². The quantitative estimate of drug-likeness (QED) is 0.369. The van der Waals surface area contributed by atoms with E-state index in [1.807, 2.05) is 32.1 Å². The Morgan fingerprint density at radius 3 is 2.47 bits per heavy atom. The molecule has 0 atom stereocenters. The van der Waals surface area contributed by atoms with Gasteiger partial charge in [-0.3, -0.25) is 4.79 Å². The average molecular weight is 501 g/mol. The van der Waals surface area contributed by atoms with Gasteiger partial charge >= 0.3 is 0 Å². The van der Waals surface area contributed by atoms with Gasteiger partial charge in [-0.05, 0) is 98.7 Å². The number of carbonyl (C=O) groups is 1. The summed E-state index contributed by atoms with van der Waals surface area (Å²) in [7, 11) is 0. The van der Waals surface area contributed by atoms with Crippen molar-refractivity contribution in [3.8, 4) is 0 Å². The average Bonchev–Trinajstić information content (AvgIpc) is 3.64. The number of amides is 1. The summed E-state index contributed by atoms with van der Waals surface area (Å²) < 4.78 is 35.5. The van der Waals surface area contributed by atoms with Gasteiger partial charge < -0.3 is 15.0 Å². The van der Waals surface area contributed by atoms with Crippen LogP contribution in [0.25, 0.3) is 5.57 Å². The van der Waals surface area contributed by atoms with Crippen LogP contribution in [0.4, 0.5) is 8.78 Å². The van der Waals surface area contributed by atoms with Gasteiger partial charge in [0.25, 0.3) is 5.91 Å². The molecule has 2 aliphatic carbocycles. The number of ether oxygens (including phenoxy) is 1. The van der Waals surface area contributed by atoms with Gasteiger partial charge in [0.15, 0.2) is 0 Å². The van der Waals surface area contributed by atoms with Gasteiger partial charge in [0.05, 0.1) is 17.9 Å². The lowest BCUT2D eigenvalue weighted by Crippen LogP contribution is -2.43. The Balaban J connectivity index is 1.24. The minimum atomic E-state index is -1.06. The highest BCUT2D eigenvalue weighted by Crippen LogP contribution is 2.44. The molecule has 36 heavy (non-hydrogen) atoms. The van der Waals surface area contributed by atoms with E-state index in [1.54, 1.807) is 6.07 Å². The lowest BCUT2D eigenvalue weighted by Gasteiger charge is -2.36. The number of halogens is 2. The molecule has 1 saturated carbocycles. The van der Waals surface area contributed by atoms with Crippen LogP contribution in [0.5, 0.6) is 0 Å². The molecule has 198 valence electrons. The molecule has 1 heterocycles. The molecule has 3 aliphatic rings. The normalized spacial score (nSPS) is 20.5. The van der Waals surface area contributed by atoms with Crippen molar-refractivity contribution in [2.45, 2.75) is 77.8 Å². The first kappa shape index (κ1) is 26.8. The van der Waals surface area contributed by atoms with Crippen molar-refractivity contribution in [3.63, 3.8) is 0 Å². The highest BCUT2D eigenvalue weighted by atomic mass is 19.1. The first-order valence-corrected chi connectivity index (χ1v) is 13.7. The minimum absolute atomic E-state index is 0.103. The van der Waals surface area contributed by atoms with E-state index in [-0.39, 0.29) is 16.9 Å². The topological polar surface area (TPSA) is 41.6 Å². The Kier molecular flexibility index (Phi) is 8.54. The van der Waals surface area contributed by atoms with Crippen molar-refractivity contribution < 1.29 is 18.3 Å². The van der Waals surface area contributed by atoms with Crippen LogP contribution in [-0.2, 0) is 4.74 Å². The van der Waals surface area contributed by atoms with Crippen LogP contribution in [0.15, 0.2) is 36.1 Å². The molecular formula is C30H42F2N2O2. The number of allylic oxidation sites excluding steroid dienone is 4. The molecule has 6 heteroatoms. The molecule has 1 N–H and O–H groups in total. The Hall–Kier alpha value is -2.21. The maximum Gasteiger partial charge on any atom is 0.254 e. The molecule has 1 aliphatic heterocycles. The zero-order valence-electron chi connectivity index (χ0n) is 22.2. The fourth-order valence-electron chi connectivity index (χ4n) is 5.07. The fourth-order valence-corrected chi connectivity index (χ4v) is 5.07. The summed E-state index contributed by atoms with van der Waals surface area (Å²) in [5.74, 6) is 0.643. The maximum atomic E-state index is 14.7. The lowest BCUT2D eigenvalue weighted by molar-refractivity contribution is 0.0492. The van der Waals surface area contributed by atoms with E-state index in [0.29, 0.717) is 38.5 Å². The smallest absolute Gasteiger partial charge is 0.254 e. The Labute approximate surface area is 215 Å². The van der Waals surface area contributed by atoms with Gasteiger partial charge in [-0.1, -0.05) is 32.9 Å². The summed E-state index contributed by atoms with van der Waals surface area (Å²) in [5, 5.41) is 2.87. The standard InChI is InChI=1S/C30H42F2N2O2/c1-4-30(32,5-2)21-34-16-12-22(13-17-34)19-36-25-9-6-23(7-10-25)24-8-11-26(27(31)18-24)28(35)33-20-29(3)14-15-29/h6,8-9,11,18,22H,4-5,7,10,12-17,19-21H2,1-3H3,(H,33,35). The number of hydrogen-bond acceptors (Lipinski definition) is 3. The van der Waals surface area contributed by atoms with Crippen molar-refractivity contribution in [1.82, 2.24) is 10.2 Å². The predicted molar refractivity (Wildman–Crippen MR) is 141 cm³/mol. The van der Waals surface area contributed by atoms with Crippen molar-refractivity contribution in [1.29, 1.82) is 0 Å². The lowest BCUT2D eigenvalue weighted by atomic mass is 9.93. The van der Waals surface area contributed by atoms with Crippen molar-refractivity contribution in [3.05, 3.63) is 53.1 Å². The Morgan fingerprint density at radius 2 is 1.89 bits per heavy atom. The van der Waals surface area contributed by atoms with Gasteiger partial charge in [0.2, 0.25) is 0 Å². The van der Waals surface area contributed by atoms with E-state index in [2.05, 4.69) is 17.1 Å². The van der Waals surface area contributed by atoms with Crippen molar-refractivity contribution in [2.75, 3.05) is 32.8 Å².